The molecule has 1 aliphatic rings. The number of hydrogen-bond donors (Lipinski definition) is 4. The highest BCUT2D eigenvalue weighted by atomic mass is 32.2. The minimum absolute atomic E-state index is 0.128. The molecule has 4 aromatic rings. The van der Waals surface area contributed by atoms with Crippen molar-refractivity contribution in [2.24, 2.45) is 0 Å². The number of rotatable bonds is 11. The van der Waals surface area contributed by atoms with E-state index in [2.05, 4.69) is 51.1 Å². The lowest BCUT2D eigenvalue weighted by atomic mass is 10.0. The van der Waals surface area contributed by atoms with Gasteiger partial charge < -0.3 is 29.6 Å². The molecule has 2 aromatic carbocycles. The van der Waals surface area contributed by atoms with Gasteiger partial charge in [0.2, 0.25) is 0 Å². The molecule has 8 nitrogen and oxygen atoms in total. The number of carbonyl (C=O) groups is 1. The minimum atomic E-state index is -0.812. The summed E-state index contributed by atoms with van der Waals surface area (Å²) in [6.45, 7) is 7.06. The van der Waals surface area contributed by atoms with Crippen LogP contribution in [0.25, 0.3) is 10.9 Å². The first-order valence-corrected chi connectivity index (χ1v) is 14.7. The number of nitrogens with zero attached hydrogens (tertiary/aromatic N) is 2. The van der Waals surface area contributed by atoms with E-state index >= 15 is 0 Å². The fraction of sp³-hybridized carbons (Fsp3) is 0.400. The third kappa shape index (κ3) is 6.00. The number of aliphatic hydroxyl groups is 1. The molecule has 0 fully saturated rings. The van der Waals surface area contributed by atoms with Crippen LogP contribution < -0.4 is 15.4 Å². The monoisotopic (exact) mass is 547 g/mol. The Labute approximate surface area is 233 Å². The highest BCUT2D eigenvalue weighted by Gasteiger charge is 2.28. The Morgan fingerprint density at radius 2 is 2.03 bits per heavy atom. The zero-order chi connectivity index (χ0) is 27.4. The first-order valence-electron chi connectivity index (χ1n) is 13.7. The van der Waals surface area contributed by atoms with E-state index in [4.69, 9.17) is 4.52 Å². The maximum absolute atomic E-state index is 13.9. The van der Waals surface area contributed by atoms with E-state index in [1.165, 1.54) is 5.56 Å². The van der Waals surface area contributed by atoms with Gasteiger partial charge in [0, 0.05) is 29.8 Å². The number of aliphatic hydroxyl groups excluding tert-OH is 1. The summed E-state index contributed by atoms with van der Waals surface area (Å²) in [5.74, 6) is 1.38. The van der Waals surface area contributed by atoms with Gasteiger partial charge in [0.15, 0.2) is 5.76 Å². The van der Waals surface area contributed by atoms with Crippen LogP contribution in [0.4, 0.5) is 5.69 Å². The Morgan fingerprint density at radius 1 is 1.21 bits per heavy atom. The van der Waals surface area contributed by atoms with Crippen LogP contribution >= 0.6 is 11.9 Å². The van der Waals surface area contributed by atoms with Gasteiger partial charge in [-0.15, -0.1) is 0 Å². The molecule has 1 unspecified atom stereocenters. The summed E-state index contributed by atoms with van der Waals surface area (Å²) in [5, 5.41) is 22.8. The van der Waals surface area contributed by atoms with Crippen LogP contribution in [0.3, 0.4) is 0 Å². The molecule has 1 aliphatic heterocycles. The molecule has 39 heavy (non-hydrogen) atoms. The summed E-state index contributed by atoms with van der Waals surface area (Å²) in [4.78, 5) is 13.9. The van der Waals surface area contributed by atoms with Gasteiger partial charge >= 0.3 is 0 Å². The molecule has 5 rings (SSSR count). The fourth-order valence-corrected chi connectivity index (χ4v) is 6.01. The van der Waals surface area contributed by atoms with Gasteiger partial charge in [0.05, 0.1) is 35.6 Å². The topological polar surface area (TPSA) is 104 Å². The van der Waals surface area contributed by atoms with Crippen LogP contribution in [0.2, 0.25) is 0 Å². The van der Waals surface area contributed by atoms with Crippen molar-refractivity contribution in [1.82, 2.24) is 20.4 Å². The molecule has 9 heteroatoms. The van der Waals surface area contributed by atoms with Gasteiger partial charge in [-0.2, -0.15) is 0 Å². The highest BCUT2D eigenvalue weighted by molar-refractivity contribution is 8.00. The minimum Gasteiger partial charge on any atom is -0.390 e. The average molecular weight is 548 g/mol. The first kappa shape index (κ1) is 27.3. The molecule has 4 N–H and O–H groups in total. The van der Waals surface area contributed by atoms with Crippen molar-refractivity contribution in [3.63, 3.8) is 0 Å². The number of aryl methyl sites for hydroxylation is 2. The molecule has 0 aliphatic carbocycles. The van der Waals surface area contributed by atoms with Crippen molar-refractivity contribution in [1.29, 1.82) is 0 Å². The zero-order valence-corrected chi connectivity index (χ0v) is 23.6. The van der Waals surface area contributed by atoms with Crippen molar-refractivity contribution < 1.29 is 14.4 Å². The van der Waals surface area contributed by atoms with Gasteiger partial charge in [-0.05, 0) is 49.4 Å². The predicted molar refractivity (Wildman–Crippen MR) is 157 cm³/mol. The lowest BCUT2D eigenvalue weighted by Crippen LogP contribution is -2.49. The molecule has 0 saturated heterocycles. The van der Waals surface area contributed by atoms with E-state index in [-0.39, 0.29) is 11.9 Å². The summed E-state index contributed by atoms with van der Waals surface area (Å²) in [7, 11) is 0. The molecule has 0 bridgehead atoms. The molecule has 0 radical (unpaired) electrons. The maximum Gasteiger partial charge on any atom is 0.268 e. The third-order valence-electron chi connectivity index (χ3n) is 7.35. The Hall–Kier alpha value is -3.27. The van der Waals surface area contributed by atoms with Crippen molar-refractivity contribution in [2.75, 3.05) is 17.0 Å². The lowest BCUT2D eigenvalue weighted by Gasteiger charge is -2.25. The maximum atomic E-state index is 13.9. The molecule has 0 saturated carbocycles. The Balaban J connectivity index is 1.39. The smallest absolute Gasteiger partial charge is 0.268 e. The molecule has 2 aromatic heterocycles. The van der Waals surface area contributed by atoms with Gasteiger partial charge in [0.25, 0.3) is 5.91 Å². The van der Waals surface area contributed by atoms with Crippen LogP contribution in [0.1, 0.15) is 59.9 Å². The average Bonchev–Trinajstić information content (AvgIpc) is 3.54. The summed E-state index contributed by atoms with van der Waals surface area (Å²) >= 11 is 1.66. The first-order chi connectivity index (χ1) is 19.0. The van der Waals surface area contributed by atoms with Crippen molar-refractivity contribution in [3.8, 4) is 0 Å². The van der Waals surface area contributed by atoms with Gasteiger partial charge in [-0.3, -0.25) is 4.79 Å². The highest BCUT2D eigenvalue weighted by Crippen LogP contribution is 2.37. The van der Waals surface area contributed by atoms with E-state index in [9.17, 15) is 9.90 Å². The van der Waals surface area contributed by atoms with Crippen LogP contribution in [0.15, 0.2) is 59.1 Å². The van der Waals surface area contributed by atoms with Gasteiger partial charge in [-0.25, -0.2) is 0 Å². The van der Waals surface area contributed by atoms with E-state index in [0.717, 1.165) is 52.2 Å². The number of benzene rings is 2. The second-order valence-corrected chi connectivity index (χ2v) is 11.0. The molecular formula is C30H37N5O3S. The van der Waals surface area contributed by atoms with E-state index in [1.807, 2.05) is 49.4 Å². The van der Waals surface area contributed by atoms with Gasteiger partial charge in [-0.1, -0.05) is 67.4 Å². The number of amides is 1. The van der Waals surface area contributed by atoms with E-state index in [0.29, 0.717) is 25.2 Å². The standard InChI is InChI=1S/C30H37N5O3S/c1-4-21-11-12-25-29-24(21)15-27(35(29)19(3)18-39-34-25)30(37)32-26(13-20-9-7-6-8-10-20)28(36)17-31-16-23-14-22(5-2)33-38-23/h6-12,14-15,19,26,28,31,34,36H,4-5,13,16-18H2,1-3H3,(H,32,37)/t19?,26-,28+/m0/s1. The number of hydrogen-bond acceptors (Lipinski definition) is 7. The molecule has 1 amide bonds. The Bertz CT molecular complexity index is 1420. The van der Waals surface area contributed by atoms with Crippen LogP contribution in [-0.2, 0) is 25.8 Å². The zero-order valence-electron chi connectivity index (χ0n) is 22.7. The number of anilines is 1. The molecule has 3 atom stereocenters. The molecular weight excluding hydrogens is 510 g/mol. The lowest BCUT2D eigenvalue weighted by molar-refractivity contribution is 0.0819. The molecule has 3 heterocycles. The second-order valence-electron chi connectivity index (χ2n) is 10.2. The Kier molecular flexibility index (Phi) is 8.60. The summed E-state index contributed by atoms with van der Waals surface area (Å²) in [6, 6.07) is 17.8. The van der Waals surface area contributed by atoms with Crippen LogP contribution in [0, 0.1) is 0 Å². The summed E-state index contributed by atoms with van der Waals surface area (Å²) in [6.07, 6.45) is 1.39. The molecule has 0 spiro atoms. The van der Waals surface area contributed by atoms with E-state index < -0.39 is 12.1 Å². The summed E-state index contributed by atoms with van der Waals surface area (Å²) in [5.41, 5.74) is 5.88. The third-order valence-corrected chi connectivity index (χ3v) is 8.37. The number of aromatic nitrogens is 2. The number of carbonyl (C=O) groups excluding carboxylic acids is 1. The largest absolute Gasteiger partial charge is 0.390 e. The summed E-state index contributed by atoms with van der Waals surface area (Å²) < 4.78 is 11.0. The SMILES string of the molecule is CCc1cc(CNC[C@@H](O)[C@H](Cc2ccccc2)NC(=O)c2cc3c(CC)ccc4c3n2C(C)CSN4)on1. The predicted octanol–water partition coefficient (Wildman–Crippen LogP) is 4.88. The van der Waals surface area contributed by atoms with Crippen molar-refractivity contribution >= 4 is 34.4 Å². The van der Waals surface area contributed by atoms with E-state index in [1.54, 1.807) is 11.9 Å². The Morgan fingerprint density at radius 3 is 2.77 bits per heavy atom. The van der Waals surface area contributed by atoms with Crippen molar-refractivity contribution in [2.45, 2.75) is 64.8 Å². The fourth-order valence-electron chi connectivity index (χ4n) is 5.22. The normalized spacial score (nSPS) is 16.5. The quantitative estimate of drug-likeness (QED) is 0.198. The second kappa shape index (κ2) is 12.3. The van der Waals surface area contributed by atoms with Crippen LogP contribution in [-0.4, -0.2) is 45.2 Å². The molecule has 206 valence electrons. The van der Waals surface area contributed by atoms with Crippen LogP contribution in [0.5, 0.6) is 0 Å². The number of nitrogens with one attached hydrogen (secondary N) is 3. The van der Waals surface area contributed by atoms with Crippen molar-refractivity contribution in [3.05, 3.63) is 82.9 Å². The van der Waals surface area contributed by atoms with Gasteiger partial charge in [0.1, 0.15) is 5.69 Å².